The Labute approximate surface area is 285 Å². The van der Waals surface area contributed by atoms with Crippen LogP contribution in [0.1, 0.15) is 22.3 Å². The van der Waals surface area contributed by atoms with Gasteiger partial charge in [-0.05, 0) is 58.7 Å². The van der Waals surface area contributed by atoms with Gasteiger partial charge in [0.15, 0.2) is 0 Å². The summed E-state index contributed by atoms with van der Waals surface area (Å²) in [6.45, 7) is 0. The molecule has 0 spiro atoms. The van der Waals surface area contributed by atoms with Gasteiger partial charge in [-0.1, -0.05) is 84.9 Å². The van der Waals surface area contributed by atoms with Crippen molar-refractivity contribution in [2.24, 2.45) is 0 Å². The highest BCUT2D eigenvalue weighted by Crippen LogP contribution is 2.67. The predicted octanol–water partition coefficient (Wildman–Crippen LogP) is 12.1. The van der Waals surface area contributed by atoms with Crippen molar-refractivity contribution in [3.05, 3.63) is 144 Å². The third kappa shape index (κ3) is 5.16. The summed E-state index contributed by atoms with van der Waals surface area (Å²) in [6, 6.07) is 35.3. The Morgan fingerprint density at radius 3 is 1.12 bits per heavy atom. The van der Waals surface area contributed by atoms with E-state index in [0.29, 0.717) is 43.1 Å². The molecule has 0 unspecified atom stereocenters. The van der Waals surface area contributed by atoms with E-state index < -0.39 is 40.0 Å². The van der Waals surface area contributed by atoms with E-state index in [4.69, 9.17) is 0 Å². The second-order valence-corrected chi connectivity index (χ2v) is 13.4. The molecule has 0 N–H and O–H groups in total. The molecule has 0 bridgehead atoms. The van der Waals surface area contributed by atoms with Crippen molar-refractivity contribution in [3.63, 3.8) is 0 Å². The van der Waals surface area contributed by atoms with Crippen LogP contribution in [-0.2, 0) is 0 Å². The molecule has 2 nitrogen and oxygen atoms in total. The molecule has 0 saturated carbocycles. The summed E-state index contributed by atoms with van der Waals surface area (Å²) in [7, 11) is 0. The molecule has 4 aromatic carbocycles. The Kier molecular flexibility index (Phi) is 7.82. The molecular weight excluding hydrogens is 675 g/mol. The van der Waals surface area contributed by atoms with Crippen molar-refractivity contribution in [2.75, 3.05) is 0 Å². The first-order valence-electron chi connectivity index (χ1n) is 14.8. The molecule has 1 aliphatic rings. The number of hydrogen-bond donors (Lipinski definition) is 0. The molecule has 7 rings (SSSR count). The van der Waals surface area contributed by atoms with Gasteiger partial charge in [-0.15, -0.1) is 22.7 Å². The van der Waals surface area contributed by atoms with Crippen LogP contribution in [0.3, 0.4) is 0 Å². The molecule has 2 heterocycles. The number of allylic oxidation sites excluding steroid dienone is 2. The second-order valence-electron chi connectivity index (χ2n) is 11.3. The zero-order chi connectivity index (χ0) is 34.6. The predicted molar refractivity (Wildman–Crippen MR) is 181 cm³/mol. The quantitative estimate of drug-likeness (QED) is 0.163. The third-order valence-corrected chi connectivity index (χ3v) is 10.8. The van der Waals surface area contributed by atoms with Crippen LogP contribution in [0.25, 0.3) is 52.9 Å². The van der Waals surface area contributed by atoms with Crippen LogP contribution in [0.5, 0.6) is 0 Å². The molecule has 10 heteroatoms. The number of halogens is 6. The molecule has 0 amide bonds. The van der Waals surface area contributed by atoms with Crippen LogP contribution >= 0.6 is 22.7 Å². The number of hydrogen-bond acceptors (Lipinski definition) is 4. The Hall–Kier alpha value is -5.42. The van der Waals surface area contributed by atoms with Gasteiger partial charge in [-0.25, -0.2) is 0 Å². The van der Waals surface area contributed by atoms with Gasteiger partial charge in [0.1, 0.15) is 0 Å². The monoisotopic (exact) mass is 694 g/mol. The normalized spacial score (nSPS) is 15.9. The van der Waals surface area contributed by atoms with E-state index in [-0.39, 0.29) is 9.75 Å². The lowest BCUT2D eigenvalue weighted by Crippen LogP contribution is -2.48. The second kappa shape index (κ2) is 11.9. The summed E-state index contributed by atoms with van der Waals surface area (Å²) in [5.74, 6) is -16.3. The lowest BCUT2D eigenvalue weighted by Gasteiger charge is -2.26. The summed E-state index contributed by atoms with van der Waals surface area (Å²) in [5, 5.41) is 18.5. The standard InChI is InChI=1S/C39H20F6N2S2/c40-37(41)33(29-19-31(25-15-11-23(21-46)12-16-25)48-35(29)27-7-3-1-4-8-27)34(38(42,43)39(37,44)45)30-20-32(26-17-13-24(22-47)14-18-26)49-36(30)28-9-5-2-6-10-28/h1-20H. The van der Waals surface area contributed by atoms with Crippen LogP contribution in [-0.4, -0.2) is 17.8 Å². The van der Waals surface area contributed by atoms with Gasteiger partial charge in [0.25, 0.3) is 0 Å². The summed E-state index contributed by atoms with van der Waals surface area (Å²) in [6.07, 6.45) is 0. The first-order valence-corrected chi connectivity index (χ1v) is 16.4. The topological polar surface area (TPSA) is 47.6 Å². The average molecular weight is 695 g/mol. The van der Waals surface area contributed by atoms with Gasteiger partial charge >= 0.3 is 17.8 Å². The maximum atomic E-state index is 16.3. The van der Waals surface area contributed by atoms with Gasteiger partial charge in [0.2, 0.25) is 0 Å². The number of nitriles is 2. The van der Waals surface area contributed by atoms with Crippen molar-refractivity contribution >= 4 is 33.8 Å². The number of nitrogens with zero attached hydrogens (tertiary/aromatic N) is 2. The highest BCUT2D eigenvalue weighted by molar-refractivity contribution is 7.19. The minimum absolute atomic E-state index is 0.115. The van der Waals surface area contributed by atoms with Crippen molar-refractivity contribution in [3.8, 4) is 53.9 Å². The smallest absolute Gasteiger partial charge is 0.194 e. The Morgan fingerprint density at radius 1 is 0.449 bits per heavy atom. The van der Waals surface area contributed by atoms with Crippen molar-refractivity contribution in [1.82, 2.24) is 0 Å². The van der Waals surface area contributed by atoms with Gasteiger partial charge in [-0.2, -0.15) is 36.9 Å². The van der Waals surface area contributed by atoms with Gasteiger partial charge in [-0.3, -0.25) is 0 Å². The fraction of sp³-hybridized carbons (Fsp3) is 0.0769. The number of rotatable bonds is 6. The number of alkyl halides is 6. The van der Waals surface area contributed by atoms with Crippen LogP contribution in [0.15, 0.2) is 121 Å². The molecule has 0 fully saturated rings. The summed E-state index contributed by atoms with van der Waals surface area (Å²) in [4.78, 5) is 0.965. The molecule has 0 saturated heterocycles. The van der Waals surface area contributed by atoms with Crippen LogP contribution in [0.4, 0.5) is 26.3 Å². The largest absolute Gasteiger partial charge is 0.380 e. The number of benzene rings is 4. The Bertz CT molecular complexity index is 2140. The minimum atomic E-state index is -5.76. The summed E-state index contributed by atoms with van der Waals surface area (Å²) < 4.78 is 96.6. The maximum Gasteiger partial charge on any atom is 0.380 e. The lowest BCUT2D eigenvalue weighted by atomic mass is 9.92. The highest BCUT2D eigenvalue weighted by atomic mass is 32.1. The van der Waals surface area contributed by atoms with E-state index in [9.17, 15) is 10.5 Å². The van der Waals surface area contributed by atoms with E-state index in [1.54, 1.807) is 84.9 Å². The molecule has 2 aromatic heterocycles. The van der Waals surface area contributed by atoms with Gasteiger partial charge in [0, 0.05) is 41.8 Å². The first-order chi connectivity index (χ1) is 23.5. The number of thiophene rings is 2. The molecule has 49 heavy (non-hydrogen) atoms. The lowest BCUT2D eigenvalue weighted by molar-refractivity contribution is -0.254. The molecule has 0 radical (unpaired) electrons. The third-order valence-electron chi connectivity index (χ3n) is 8.34. The molecule has 6 aromatic rings. The Morgan fingerprint density at radius 2 is 0.796 bits per heavy atom. The summed E-state index contributed by atoms with van der Waals surface area (Å²) >= 11 is 2.01. The highest BCUT2D eigenvalue weighted by Gasteiger charge is 2.80. The summed E-state index contributed by atoms with van der Waals surface area (Å²) in [5.41, 5.74) is -1.30. The fourth-order valence-corrected chi connectivity index (χ4v) is 8.25. The van der Waals surface area contributed by atoms with E-state index in [1.165, 1.54) is 36.4 Å². The fourth-order valence-electron chi connectivity index (χ4n) is 5.90. The molecule has 240 valence electrons. The van der Waals surface area contributed by atoms with Crippen LogP contribution in [0, 0.1) is 22.7 Å². The van der Waals surface area contributed by atoms with E-state index in [1.807, 2.05) is 12.1 Å². The SMILES string of the molecule is N#Cc1ccc(-c2cc(C3=C(c4cc(-c5ccc(C#N)cc5)sc4-c4ccccc4)C(F)(F)C(F)(F)C3(F)F)c(-c3ccccc3)s2)cc1. The van der Waals surface area contributed by atoms with Crippen molar-refractivity contribution in [1.29, 1.82) is 10.5 Å². The maximum absolute atomic E-state index is 16.3. The zero-order valence-electron chi connectivity index (χ0n) is 25.0. The van der Waals surface area contributed by atoms with E-state index >= 15 is 26.3 Å². The van der Waals surface area contributed by atoms with Crippen molar-refractivity contribution < 1.29 is 26.3 Å². The van der Waals surface area contributed by atoms with Gasteiger partial charge < -0.3 is 0 Å². The van der Waals surface area contributed by atoms with E-state index in [0.717, 1.165) is 22.7 Å². The zero-order valence-corrected chi connectivity index (χ0v) is 26.7. The average Bonchev–Trinajstić information content (AvgIpc) is 3.78. The van der Waals surface area contributed by atoms with Crippen LogP contribution in [0.2, 0.25) is 0 Å². The van der Waals surface area contributed by atoms with Crippen LogP contribution < -0.4 is 0 Å². The van der Waals surface area contributed by atoms with Gasteiger partial charge in [0.05, 0.1) is 23.3 Å². The molecule has 0 atom stereocenters. The van der Waals surface area contributed by atoms with Crippen molar-refractivity contribution in [2.45, 2.75) is 17.8 Å². The minimum Gasteiger partial charge on any atom is -0.194 e. The van der Waals surface area contributed by atoms with E-state index in [2.05, 4.69) is 0 Å². The molecule has 0 aliphatic heterocycles. The molecule has 1 aliphatic carbocycles. The Balaban J connectivity index is 1.57. The first kappa shape index (κ1) is 32.1. The molecular formula is C39H20F6N2S2.